The number of benzene rings is 1. The minimum atomic E-state index is -0.289. The zero-order valence-corrected chi connectivity index (χ0v) is 15.4. The predicted octanol–water partition coefficient (Wildman–Crippen LogP) is 2.42. The summed E-state index contributed by atoms with van der Waals surface area (Å²) in [5.41, 5.74) is 0. The molecule has 2 amide bonds. The van der Waals surface area contributed by atoms with Crippen LogP contribution in [0.5, 0.6) is 0 Å². The van der Waals surface area contributed by atoms with E-state index in [2.05, 4.69) is 4.90 Å². The molecule has 2 aliphatic rings. The van der Waals surface area contributed by atoms with Crippen LogP contribution in [0.3, 0.4) is 0 Å². The van der Waals surface area contributed by atoms with Crippen molar-refractivity contribution < 1.29 is 14.0 Å². The third-order valence-corrected chi connectivity index (χ3v) is 6.28. The first-order valence-corrected chi connectivity index (χ1v) is 9.91. The van der Waals surface area contributed by atoms with E-state index >= 15 is 0 Å². The number of fused-ring (bicyclic) bond motifs is 1. The Bertz CT molecular complexity index is 823. The lowest BCUT2D eigenvalue weighted by molar-refractivity contribution is -0.131. The van der Waals surface area contributed by atoms with Crippen molar-refractivity contribution >= 4 is 33.2 Å². The zero-order chi connectivity index (χ0) is 18.1. The number of hydrogen-bond acceptors (Lipinski definition) is 4. The molecule has 5 nitrogen and oxygen atoms in total. The molecule has 0 atom stereocenters. The number of halogens is 1. The second-order valence-corrected chi connectivity index (χ2v) is 8.00. The van der Waals surface area contributed by atoms with Gasteiger partial charge in [-0.3, -0.25) is 14.5 Å². The number of likely N-dealkylation sites (tertiary alicyclic amines) is 1. The third kappa shape index (κ3) is 3.46. The Morgan fingerprint density at radius 1 is 1.00 bits per heavy atom. The first-order chi connectivity index (χ1) is 12.6. The van der Waals surface area contributed by atoms with Crippen LogP contribution in [0, 0.1) is 5.82 Å². The van der Waals surface area contributed by atoms with Crippen molar-refractivity contribution in [1.29, 1.82) is 0 Å². The van der Waals surface area contributed by atoms with Crippen LogP contribution >= 0.6 is 11.3 Å². The van der Waals surface area contributed by atoms with Gasteiger partial charge in [0.1, 0.15) is 5.82 Å². The van der Waals surface area contributed by atoms with E-state index in [0.717, 1.165) is 30.6 Å². The van der Waals surface area contributed by atoms with Crippen LogP contribution in [0.4, 0.5) is 4.39 Å². The summed E-state index contributed by atoms with van der Waals surface area (Å²) < 4.78 is 14.6. The molecule has 7 heteroatoms. The minimum absolute atomic E-state index is 0.0453. The van der Waals surface area contributed by atoms with Gasteiger partial charge >= 0.3 is 0 Å². The molecule has 0 N–H and O–H groups in total. The van der Waals surface area contributed by atoms with Gasteiger partial charge in [0, 0.05) is 49.4 Å². The molecule has 2 aromatic rings. The van der Waals surface area contributed by atoms with Crippen molar-refractivity contribution in [3.63, 3.8) is 0 Å². The Labute approximate surface area is 156 Å². The lowest BCUT2D eigenvalue weighted by Crippen LogP contribution is -2.51. The van der Waals surface area contributed by atoms with E-state index in [1.807, 2.05) is 11.0 Å². The molecule has 4 rings (SSSR count). The van der Waals surface area contributed by atoms with Crippen molar-refractivity contribution in [2.75, 3.05) is 45.8 Å². The average molecular weight is 375 g/mol. The van der Waals surface area contributed by atoms with Gasteiger partial charge in [0.05, 0.1) is 11.4 Å². The quantitative estimate of drug-likeness (QED) is 0.828. The fourth-order valence-electron chi connectivity index (χ4n) is 3.65. The van der Waals surface area contributed by atoms with Crippen LogP contribution in [0.2, 0.25) is 0 Å². The summed E-state index contributed by atoms with van der Waals surface area (Å²) in [6, 6.07) is 6.57. The maximum absolute atomic E-state index is 13.8. The van der Waals surface area contributed by atoms with Gasteiger partial charge in [-0.2, -0.15) is 0 Å². The topological polar surface area (TPSA) is 43.9 Å². The second-order valence-electron chi connectivity index (χ2n) is 6.92. The Morgan fingerprint density at radius 3 is 2.42 bits per heavy atom. The number of rotatable bonds is 3. The number of thiophene rings is 1. The Hall–Kier alpha value is -1.99. The summed E-state index contributed by atoms with van der Waals surface area (Å²) in [5, 5.41) is 0.510. The highest BCUT2D eigenvalue weighted by molar-refractivity contribution is 7.20. The highest BCUT2D eigenvalue weighted by Gasteiger charge is 2.26. The molecule has 0 unspecified atom stereocenters. The number of carbonyl (C=O) groups is 2. The average Bonchev–Trinajstić information content (AvgIpc) is 3.32. The van der Waals surface area contributed by atoms with Crippen molar-refractivity contribution in [3.8, 4) is 0 Å². The molecule has 0 aliphatic carbocycles. The van der Waals surface area contributed by atoms with Crippen LogP contribution in [-0.2, 0) is 4.79 Å². The molecule has 0 spiro atoms. The summed E-state index contributed by atoms with van der Waals surface area (Å²) in [7, 11) is 0. The lowest BCUT2D eigenvalue weighted by Gasteiger charge is -2.34. The van der Waals surface area contributed by atoms with Crippen LogP contribution in [-0.4, -0.2) is 72.3 Å². The molecule has 0 radical (unpaired) electrons. The lowest BCUT2D eigenvalue weighted by atomic mass is 10.2. The van der Waals surface area contributed by atoms with Crippen LogP contribution in [0.15, 0.2) is 24.3 Å². The van der Waals surface area contributed by atoms with E-state index in [1.54, 1.807) is 17.0 Å². The molecule has 0 bridgehead atoms. The Kier molecular flexibility index (Phi) is 4.91. The zero-order valence-electron chi connectivity index (χ0n) is 14.6. The first kappa shape index (κ1) is 17.4. The number of piperazine rings is 1. The van der Waals surface area contributed by atoms with Gasteiger partial charge < -0.3 is 9.80 Å². The van der Waals surface area contributed by atoms with E-state index in [0.29, 0.717) is 43.0 Å². The molecule has 0 saturated carbocycles. The summed E-state index contributed by atoms with van der Waals surface area (Å²) in [6.07, 6.45) is 2.20. The summed E-state index contributed by atoms with van der Waals surface area (Å²) >= 11 is 1.34. The highest BCUT2D eigenvalue weighted by Crippen LogP contribution is 2.28. The number of nitrogens with zero attached hydrogens (tertiary/aromatic N) is 3. The van der Waals surface area contributed by atoms with E-state index in [4.69, 9.17) is 0 Å². The molecule has 2 fully saturated rings. The van der Waals surface area contributed by atoms with E-state index in [1.165, 1.54) is 17.4 Å². The largest absolute Gasteiger partial charge is 0.342 e. The van der Waals surface area contributed by atoms with Gasteiger partial charge in [-0.05, 0) is 31.0 Å². The summed E-state index contributed by atoms with van der Waals surface area (Å²) in [6.45, 7) is 4.79. The SMILES string of the molecule is O=C(CN1CCN(C(=O)c2cc3c(F)cccc3s2)CC1)N1CCCC1. The van der Waals surface area contributed by atoms with Crippen LogP contribution in [0.1, 0.15) is 22.5 Å². The molecule has 3 heterocycles. The normalized spacial score (nSPS) is 18.7. The number of carbonyl (C=O) groups excluding carboxylic acids is 2. The number of hydrogen-bond donors (Lipinski definition) is 0. The first-order valence-electron chi connectivity index (χ1n) is 9.09. The molecule has 26 heavy (non-hydrogen) atoms. The molecule has 138 valence electrons. The third-order valence-electron chi connectivity index (χ3n) is 5.20. The Balaban J connectivity index is 1.35. The van der Waals surface area contributed by atoms with Crippen LogP contribution in [0.25, 0.3) is 10.1 Å². The predicted molar refractivity (Wildman–Crippen MR) is 99.9 cm³/mol. The molecular formula is C19H22FN3O2S. The monoisotopic (exact) mass is 375 g/mol. The molecular weight excluding hydrogens is 353 g/mol. The van der Waals surface area contributed by atoms with Crippen molar-refractivity contribution in [2.24, 2.45) is 0 Å². The van der Waals surface area contributed by atoms with Gasteiger partial charge in [0.2, 0.25) is 5.91 Å². The van der Waals surface area contributed by atoms with Gasteiger partial charge in [0.15, 0.2) is 0 Å². The molecule has 2 saturated heterocycles. The van der Waals surface area contributed by atoms with Crippen LogP contribution < -0.4 is 0 Å². The fourth-order valence-corrected chi connectivity index (χ4v) is 4.70. The smallest absolute Gasteiger partial charge is 0.264 e. The number of amides is 2. The summed E-state index contributed by atoms with van der Waals surface area (Å²) in [4.78, 5) is 31.4. The van der Waals surface area contributed by atoms with Gasteiger partial charge in [0.25, 0.3) is 5.91 Å². The van der Waals surface area contributed by atoms with Crippen molar-refractivity contribution in [2.45, 2.75) is 12.8 Å². The highest BCUT2D eigenvalue weighted by atomic mass is 32.1. The van der Waals surface area contributed by atoms with Gasteiger partial charge in [-0.15, -0.1) is 11.3 Å². The standard InChI is InChI=1S/C19H22FN3O2S/c20-15-4-3-5-16-14(15)12-17(26-16)19(25)23-10-8-21(9-11-23)13-18(24)22-6-1-2-7-22/h3-5,12H,1-2,6-11,13H2. The maximum Gasteiger partial charge on any atom is 0.264 e. The molecule has 1 aromatic carbocycles. The fraction of sp³-hybridized carbons (Fsp3) is 0.474. The van der Waals surface area contributed by atoms with E-state index < -0.39 is 0 Å². The van der Waals surface area contributed by atoms with E-state index in [-0.39, 0.29) is 17.6 Å². The molecule has 1 aromatic heterocycles. The minimum Gasteiger partial charge on any atom is -0.342 e. The maximum atomic E-state index is 13.8. The van der Waals surface area contributed by atoms with Gasteiger partial charge in [-0.25, -0.2) is 4.39 Å². The summed E-state index contributed by atoms with van der Waals surface area (Å²) in [5.74, 6) is -0.138. The molecule has 2 aliphatic heterocycles. The van der Waals surface area contributed by atoms with E-state index in [9.17, 15) is 14.0 Å². The van der Waals surface area contributed by atoms with Crippen molar-refractivity contribution in [1.82, 2.24) is 14.7 Å². The van der Waals surface area contributed by atoms with Crippen molar-refractivity contribution in [3.05, 3.63) is 35.0 Å². The van der Waals surface area contributed by atoms with Gasteiger partial charge in [-0.1, -0.05) is 6.07 Å². The second kappa shape index (κ2) is 7.32. The Morgan fingerprint density at radius 2 is 1.73 bits per heavy atom.